The zero-order valence-corrected chi connectivity index (χ0v) is 14.3. The standard InChI is InChI=1S/C18H24N6O/c1-11-3-2-4-14(9-11)22-17-15(16(20)25)10-21-18(24-17)23-13-7-5-12(19)6-8-13/h2-4,9-10,12-13H,5-8,19H2,1H3,(H2,20,25)(H2,21,22,23,24). The second-order valence-corrected chi connectivity index (χ2v) is 6.57. The lowest BCUT2D eigenvalue weighted by molar-refractivity contribution is 0.100. The number of hydrogen-bond acceptors (Lipinski definition) is 6. The normalized spacial score (nSPS) is 20.1. The van der Waals surface area contributed by atoms with Gasteiger partial charge in [0.05, 0.1) is 0 Å². The first-order valence-electron chi connectivity index (χ1n) is 8.54. The van der Waals surface area contributed by atoms with Crippen LogP contribution >= 0.6 is 0 Å². The molecule has 0 aliphatic heterocycles. The van der Waals surface area contributed by atoms with E-state index in [1.54, 1.807) is 0 Å². The minimum atomic E-state index is -0.564. The van der Waals surface area contributed by atoms with Crippen LogP contribution in [0.1, 0.15) is 41.6 Å². The lowest BCUT2D eigenvalue weighted by Gasteiger charge is -2.26. The maximum absolute atomic E-state index is 11.7. The minimum absolute atomic E-state index is 0.262. The number of benzene rings is 1. The molecule has 2 aromatic rings. The predicted octanol–water partition coefficient (Wildman–Crippen LogP) is 2.31. The Bertz CT molecular complexity index is 755. The van der Waals surface area contributed by atoms with Crippen molar-refractivity contribution in [3.05, 3.63) is 41.6 Å². The Balaban J connectivity index is 1.80. The Morgan fingerprint density at radius 2 is 2.00 bits per heavy atom. The number of hydrogen-bond donors (Lipinski definition) is 4. The van der Waals surface area contributed by atoms with Crippen molar-refractivity contribution in [2.75, 3.05) is 10.6 Å². The number of rotatable bonds is 5. The Labute approximate surface area is 147 Å². The van der Waals surface area contributed by atoms with Crippen molar-refractivity contribution >= 4 is 23.4 Å². The molecule has 1 aromatic carbocycles. The Hall–Kier alpha value is -2.67. The van der Waals surface area contributed by atoms with Crippen LogP contribution in [-0.2, 0) is 0 Å². The topological polar surface area (TPSA) is 119 Å². The van der Waals surface area contributed by atoms with Crippen LogP contribution in [-0.4, -0.2) is 28.0 Å². The van der Waals surface area contributed by atoms with E-state index in [0.29, 0.717) is 17.8 Å². The number of aryl methyl sites for hydroxylation is 1. The van der Waals surface area contributed by atoms with Crippen molar-refractivity contribution in [2.45, 2.75) is 44.7 Å². The molecule has 0 unspecified atom stereocenters. The van der Waals surface area contributed by atoms with E-state index in [9.17, 15) is 4.79 Å². The number of aromatic nitrogens is 2. The van der Waals surface area contributed by atoms with Gasteiger partial charge in [0.1, 0.15) is 11.4 Å². The van der Waals surface area contributed by atoms with Gasteiger partial charge < -0.3 is 22.1 Å². The molecule has 132 valence electrons. The highest BCUT2D eigenvalue weighted by atomic mass is 16.1. The summed E-state index contributed by atoms with van der Waals surface area (Å²) in [6.07, 6.45) is 5.42. The Morgan fingerprint density at radius 3 is 2.68 bits per heavy atom. The fourth-order valence-corrected chi connectivity index (χ4v) is 3.03. The zero-order chi connectivity index (χ0) is 17.8. The molecule has 1 saturated carbocycles. The quantitative estimate of drug-likeness (QED) is 0.663. The number of carbonyl (C=O) groups excluding carboxylic acids is 1. The lowest BCUT2D eigenvalue weighted by atomic mass is 9.92. The van der Waals surface area contributed by atoms with Crippen LogP contribution < -0.4 is 22.1 Å². The van der Waals surface area contributed by atoms with Gasteiger partial charge in [0.25, 0.3) is 5.91 Å². The van der Waals surface area contributed by atoms with Crippen molar-refractivity contribution in [1.29, 1.82) is 0 Å². The number of nitrogens with two attached hydrogens (primary N) is 2. The van der Waals surface area contributed by atoms with Gasteiger partial charge in [0.15, 0.2) is 0 Å². The molecular weight excluding hydrogens is 316 g/mol. The number of nitrogens with zero attached hydrogens (tertiary/aromatic N) is 2. The first-order chi connectivity index (χ1) is 12.0. The predicted molar refractivity (Wildman–Crippen MR) is 98.9 cm³/mol. The highest BCUT2D eigenvalue weighted by Gasteiger charge is 2.20. The van der Waals surface area contributed by atoms with E-state index >= 15 is 0 Å². The molecule has 7 heteroatoms. The number of anilines is 3. The third kappa shape index (κ3) is 4.45. The third-order valence-electron chi connectivity index (χ3n) is 4.44. The van der Waals surface area contributed by atoms with E-state index in [2.05, 4.69) is 20.6 Å². The molecule has 1 aliphatic carbocycles. The molecule has 0 spiro atoms. The summed E-state index contributed by atoms with van der Waals surface area (Å²) >= 11 is 0. The van der Waals surface area contributed by atoms with E-state index in [4.69, 9.17) is 11.5 Å². The first-order valence-corrected chi connectivity index (χ1v) is 8.54. The van der Waals surface area contributed by atoms with Crippen molar-refractivity contribution in [2.24, 2.45) is 11.5 Å². The SMILES string of the molecule is Cc1cccc(Nc2nc(NC3CCC(N)CC3)ncc2C(N)=O)c1. The molecule has 7 nitrogen and oxygen atoms in total. The molecule has 0 bridgehead atoms. The molecule has 1 aromatic heterocycles. The van der Waals surface area contributed by atoms with Gasteiger partial charge >= 0.3 is 0 Å². The second kappa shape index (κ2) is 7.48. The van der Waals surface area contributed by atoms with E-state index in [-0.39, 0.29) is 11.6 Å². The van der Waals surface area contributed by atoms with Gasteiger partial charge in [-0.1, -0.05) is 12.1 Å². The largest absolute Gasteiger partial charge is 0.365 e. The molecule has 6 N–H and O–H groups in total. The summed E-state index contributed by atoms with van der Waals surface area (Å²) in [5.74, 6) is 0.328. The summed E-state index contributed by atoms with van der Waals surface area (Å²) in [6.45, 7) is 2.00. The number of amides is 1. The summed E-state index contributed by atoms with van der Waals surface area (Å²) in [5.41, 5.74) is 13.6. The average Bonchev–Trinajstić information content (AvgIpc) is 2.57. The maximum Gasteiger partial charge on any atom is 0.254 e. The zero-order valence-electron chi connectivity index (χ0n) is 14.3. The van der Waals surface area contributed by atoms with Crippen molar-refractivity contribution in [1.82, 2.24) is 9.97 Å². The fraction of sp³-hybridized carbons (Fsp3) is 0.389. The van der Waals surface area contributed by atoms with Crippen molar-refractivity contribution in [3.8, 4) is 0 Å². The van der Waals surface area contributed by atoms with Crippen LogP contribution in [0.25, 0.3) is 0 Å². The minimum Gasteiger partial charge on any atom is -0.365 e. The molecule has 0 atom stereocenters. The van der Waals surface area contributed by atoms with Crippen molar-refractivity contribution < 1.29 is 4.79 Å². The van der Waals surface area contributed by atoms with Gasteiger partial charge in [0, 0.05) is 24.0 Å². The number of carbonyl (C=O) groups is 1. The van der Waals surface area contributed by atoms with Crippen LogP contribution in [0.3, 0.4) is 0 Å². The molecule has 0 radical (unpaired) electrons. The van der Waals surface area contributed by atoms with Gasteiger partial charge in [-0.2, -0.15) is 4.98 Å². The summed E-state index contributed by atoms with van der Waals surface area (Å²) in [4.78, 5) is 20.4. The summed E-state index contributed by atoms with van der Waals surface area (Å²) < 4.78 is 0. The molecule has 3 rings (SSSR count). The fourth-order valence-electron chi connectivity index (χ4n) is 3.03. The van der Waals surface area contributed by atoms with Crippen molar-refractivity contribution in [3.63, 3.8) is 0 Å². The molecule has 1 amide bonds. The van der Waals surface area contributed by atoms with Gasteiger partial charge in [-0.25, -0.2) is 4.98 Å². The molecule has 1 heterocycles. The van der Waals surface area contributed by atoms with E-state index in [0.717, 1.165) is 36.9 Å². The number of primary amides is 1. The maximum atomic E-state index is 11.7. The van der Waals surface area contributed by atoms with Gasteiger partial charge in [-0.3, -0.25) is 4.79 Å². The van der Waals surface area contributed by atoms with Gasteiger partial charge in [-0.15, -0.1) is 0 Å². The van der Waals surface area contributed by atoms with E-state index in [1.165, 1.54) is 6.20 Å². The third-order valence-corrected chi connectivity index (χ3v) is 4.44. The molecular formula is C18H24N6O. The van der Waals surface area contributed by atoms with Crippen LogP contribution in [0.15, 0.2) is 30.5 Å². The molecule has 25 heavy (non-hydrogen) atoms. The van der Waals surface area contributed by atoms with Crippen LogP contribution in [0.5, 0.6) is 0 Å². The summed E-state index contributed by atoms with van der Waals surface area (Å²) in [6, 6.07) is 8.41. The summed E-state index contributed by atoms with van der Waals surface area (Å²) in [5, 5.41) is 6.50. The number of nitrogens with one attached hydrogen (secondary N) is 2. The highest BCUT2D eigenvalue weighted by Crippen LogP contribution is 2.23. The highest BCUT2D eigenvalue weighted by molar-refractivity contribution is 5.98. The summed E-state index contributed by atoms with van der Waals surface area (Å²) in [7, 11) is 0. The first kappa shape index (κ1) is 17.2. The average molecular weight is 340 g/mol. The van der Waals surface area contributed by atoms with Gasteiger partial charge in [0.2, 0.25) is 5.95 Å². The van der Waals surface area contributed by atoms with Crippen LogP contribution in [0, 0.1) is 6.92 Å². The Kier molecular flexibility index (Phi) is 5.14. The van der Waals surface area contributed by atoms with E-state index < -0.39 is 5.91 Å². The monoisotopic (exact) mass is 340 g/mol. The van der Waals surface area contributed by atoms with E-state index in [1.807, 2.05) is 31.2 Å². The lowest BCUT2D eigenvalue weighted by Crippen LogP contribution is -2.33. The van der Waals surface area contributed by atoms with Gasteiger partial charge in [-0.05, 0) is 50.3 Å². The molecule has 1 aliphatic rings. The second-order valence-electron chi connectivity index (χ2n) is 6.57. The molecule has 0 saturated heterocycles. The molecule has 1 fully saturated rings. The van der Waals surface area contributed by atoms with Crippen LogP contribution in [0.4, 0.5) is 17.5 Å². The smallest absolute Gasteiger partial charge is 0.254 e. The van der Waals surface area contributed by atoms with Crippen LogP contribution in [0.2, 0.25) is 0 Å². The Morgan fingerprint density at radius 1 is 1.24 bits per heavy atom.